The average Bonchev–Trinajstić information content (AvgIpc) is 2.60. The topological polar surface area (TPSA) is 47.3 Å². The Balaban J connectivity index is 1.57. The van der Waals surface area contributed by atoms with Gasteiger partial charge in [0.05, 0.1) is 0 Å². The lowest BCUT2D eigenvalue weighted by atomic mass is 9.91. The highest BCUT2D eigenvalue weighted by Crippen LogP contribution is 2.21. The second kappa shape index (κ2) is 8.14. The Morgan fingerprint density at radius 2 is 1.78 bits per heavy atom. The molecule has 2 atom stereocenters. The normalized spacial score (nSPS) is 21.1. The first-order valence-corrected chi connectivity index (χ1v) is 8.55. The minimum Gasteiger partial charge on any atom is -0.489 e. The molecule has 122 valence electrons. The predicted molar refractivity (Wildman–Crippen MR) is 94.3 cm³/mol. The van der Waals surface area contributed by atoms with Gasteiger partial charge in [0.2, 0.25) is 0 Å². The van der Waals surface area contributed by atoms with Crippen molar-refractivity contribution in [1.82, 2.24) is 5.32 Å². The van der Waals surface area contributed by atoms with E-state index in [9.17, 15) is 0 Å². The molecule has 1 saturated carbocycles. The van der Waals surface area contributed by atoms with Crippen molar-refractivity contribution >= 4 is 0 Å². The maximum absolute atomic E-state index is 6.07. The summed E-state index contributed by atoms with van der Waals surface area (Å²) in [6, 6.07) is 19.4. The SMILES string of the molecule is NC1CCCC(NCc2ccccc2OCc2ccccc2)C1. The molecule has 2 aromatic carbocycles. The molecule has 3 N–H and O–H groups in total. The monoisotopic (exact) mass is 310 g/mol. The van der Waals surface area contributed by atoms with E-state index in [1.807, 2.05) is 30.3 Å². The minimum absolute atomic E-state index is 0.353. The summed E-state index contributed by atoms with van der Waals surface area (Å²) in [7, 11) is 0. The number of para-hydroxylation sites is 1. The molecule has 2 unspecified atom stereocenters. The van der Waals surface area contributed by atoms with Gasteiger partial charge in [0.15, 0.2) is 0 Å². The summed E-state index contributed by atoms with van der Waals surface area (Å²) in [6.07, 6.45) is 4.69. The number of benzene rings is 2. The fourth-order valence-electron chi connectivity index (χ4n) is 3.19. The van der Waals surface area contributed by atoms with Gasteiger partial charge >= 0.3 is 0 Å². The molecule has 1 aliphatic carbocycles. The second-order valence-corrected chi connectivity index (χ2v) is 6.39. The Kier molecular flexibility index (Phi) is 5.67. The molecule has 2 aromatic rings. The molecule has 1 aliphatic rings. The molecule has 3 heteroatoms. The van der Waals surface area contributed by atoms with Crippen molar-refractivity contribution in [2.24, 2.45) is 5.73 Å². The summed E-state index contributed by atoms with van der Waals surface area (Å²) >= 11 is 0. The van der Waals surface area contributed by atoms with Crippen LogP contribution in [0.1, 0.15) is 36.8 Å². The Hall–Kier alpha value is -1.84. The van der Waals surface area contributed by atoms with Gasteiger partial charge in [-0.05, 0) is 30.9 Å². The highest BCUT2D eigenvalue weighted by molar-refractivity contribution is 5.33. The molecule has 0 spiro atoms. The van der Waals surface area contributed by atoms with Gasteiger partial charge in [-0.15, -0.1) is 0 Å². The number of rotatable bonds is 6. The predicted octanol–water partition coefficient (Wildman–Crippen LogP) is 3.63. The van der Waals surface area contributed by atoms with Crippen LogP contribution in [0.15, 0.2) is 54.6 Å². The van der Waals surface area contributed by atoms with Gasteiger partial charge in [-0.1, -0.05) is 55.0 Å². The molecular weight excluding hydrogens is 284 g/mol. The lowest BCUT2D eigenvalue weighted by molar-refractivity contribution is 0.298. The molecule has 1 fully saturated rings. The van der Waals surface area contributed by atoms with Gasteiger partial charge in [-0.3, -0.25) is 0 Å². The quantitative estimate of drug-likeness (QED) is 0.856. The highest BCUT2D eigenvalue weighted by Gasteiger charge is 2.18. The smallest absolute Gasteiger partial charge is 0.124 e. The summed E-state index contributed by atoms with van der Waals surface area (Å²) < 4.78 is 6.02. The Morgan fingerprint density at radius 3 is 2.61 bits per heavy atom. The van der Waals surface area contributed by atoms with Crippen LogP contribution in [-0.2, 0) is 13.2 Å². The molecule has 3 nitrogen and oxygen atoms in total. The van der Waals surface area contributed by atoms with Gasteiger partial charge in [0.1, 0.15) is 12.4 Å². The summed E-state index contributed by atoms with van der Waals surface area (Å²) in [5.41, 5.74) is 8.47. The summed E-state index contributed by atoms with van der Waals surface area (Å²) in [5, 5.41) is 3.65. The van der Waals surface area contributed by atoms with Crippen LogP contribution in [0.2, 0.25) is 0 Å². The van der Waals surface area contributed by atoms with Crippen LogP contribution >= 0.6 is 0 Å². The van der Waals surface area contributed by atoms with Gasteiger partial charge in [0, 0.05) is 24.2 Å². The van der Waals surface area contributed by atoms with Crippen molar-refractivity contribution in [1.29, 1.82) is 0 Å². The number of ether oxygens (including phenoxy) is 1. The third kappa shape index (κ3) is 4.81. The molecule has 0 aromatic heterocycles. The standard InChI is InChI=1S/C20H26N2O/c21-18-10-6-11-19(13-18)22-14-17-9-4-5-12-20(17)23-15-16-7-2-1-3-8-16/h1-5,7-9,12,18-19,22H,6,10-11,13-15,21H2. The molecule has 0 aliphatic heterocycles. The third-order valence-electron chi connectivity index (χ3n) is 4.51. The fourth-order valence-corrected chi connectivity index (χ4v) is 3.19. The Bertz CT molecular complexity index is 600. The first-order valence-electron chi connectivity index (χ1n) is 8.55. The van der Waals surface area contributed by atoms with Crippen LogP contribution in [0.5, 0.6) is 5.75 Å². The molecule has 0 saturated heterocycles. The minimum atomic E-state index is 0.353. The third-order valence-corrected chi connectivity index (χ3v) is 4.51. The van der Waals surface area contributed by atoms with E-state index in [0.717, 1.165) is 25.1 Å². The molecule has 23 heavy (non-hydrogen) atoms. The number of hydrogen-bond acceptors (Lipinski definition) is 3. The van der Waals surface area contributed by atoms with Gasteiger partial charge < -0.3 is 15.8 Å². The van der Waals surface area contributed by atoms with Crippen LogP contribution in [0, 0.1) is 0 Å². The molecular formula is C20H26N2O. The van der Waals surface area contributed by atoms with Crippen molar-refractivity contribution in [2.75, 3.05) is 0 Å². The summed E-state index contributed by atoms with van der Waals surface area (Å²) in [6.45, 7) is 1.44. The molecule has 0 amide bonds. The van der Waals surface area contributed by atoms with Gasteiger partial charge in [0.25, 0.3) is 0 Å². The van der Waals surface area contributed by atoms with E-state index in [-0.39, 0.29) is 0 Å². The van der Waals surface area contributed by atoms with Crippen molar-refractivity contribution in [3.8, 4) is 5.75 Å². The van der Waals surface area contributed by atoms with Crippen molar-refractivity contribution in [2.45, 2.75) is 50.9 Å². The van der Waals surface area contributed by atoms with Crippen LogP contribution in [0.4, 0.5) is 0 Å². The zero-order valence-electron chi connectivity index (χ0n) is 13.6. The van der Waals surface area contributed by atoms with Crippen molar-refractivity contribution in [3.63, 3.8) is 0 Å². The molecule has 3 rings (SSSR count). The fraction of sp³-hybridized carbons (Fsp3) is 0.400. The summed E-state index contributed by atoms with van der Waals surface area (Å²) in [4.78, 5) is 0. The first kappa shape index (κ1) is 16.0. The number of hydrogen-bond donors (Lipinski definition) is 2. The molecule has 0 radical (unpaired) electrons. The average molecular weight is 310 g/mol. The van der Waals surface area contributed by atoms with E-state index in [1.165, 1.54) is 24.0 Å². The summed E-state index contributed by atoms with van der Waals surface area (Å²) in [5.74, 6) is 0.962. The number of nitrogens with one attached hydrogen (secondary N) is 1. The van der Waals surface area contributed by atoms with Gasteiger partial charge in [-0.25, -0.2) is 0 Å². The first-order chi connectivity index (χ1) is 11.3. The number of nitrogens with two attached hydrogens (primary N) is 1. The lowest BCUT2D eigenvalue weighted by Crippen LogP contribution is -2.39. The van der Waals surface area contributed by atoms with Crippen LogP contribution < -0.4 is 15.8 Å². The lowest BCUT2D eigenvalue weighted by Gasteiger charge is -2.27. The van der Waals surface area contributed by atoms with Crippen LogP contribution in [-0.4, -0.2) is 12.1 Å². The highest BCUT2D eigenvalue weighted by atomic mass is 16.5. The largest absolute Gasteiger partial charge is 0.489 e. The Morgan fingerprint density at radius 1 is 1.00 bits per heavy atom. The molecule has 0 bridgehead atoms. The maximum Gasteiger partial charge on any atom is 0.124 e. The van der Waals surface area contributed by atoms with E-state index < -0.39 is 0 Å². The van der Waals surface area contributed by atoms with Crippen molar-refractivity contribution < 1.29 is 4.74 Å². The second-order valence-electron chi connectivity index (χ2n) is 6.39. The van der Waals surface area contributed by atoms with E-state index in [2.05, 4.69) is 29.6 Å². The van der Waals surface area contributed by atoms with Gasteiger partial charge in [-0.2, -0.15) is 0 Å². The zero-order chi connectivity index (χ0) is 15.9. The van der Waals surface area contributed by atoms with Crippen molar-refractivity contribution in [3.05, 3.63) is 65.7 Å². The van der Waals surface area contributed by atoms with E-state index in [0.29, 0.717) is 18.7 Å². The maximum atomic E-state index is 6.07. The molecule has 0 heterocycles. The van der Waals surface area contributed by atoms with Crippen LogP contribution in [0.3, 0.4) is 0 Å². The van der Waals surface area contributed by atoms with E-state index in [1.54, 1.807) is 0 Å². The zero-order valence-corrected chi connectivity index (χ0v) is 13.6. The van der Waals surface area contributed by atoms with E-state index in [4.69, 9.17) is 10.5 Å². The van der Waals surface area contributed by atoms with E-state index >= 15 is 0 Å². The Labute approximate surface area is 138 Å². The van der Waals surface area contributed by atoms with Crippen LogP contribution in [0.25, 0.3) is 0 Å².